The molecule has 0 N–H and O–H groups in total. The van der Waals surface area contributed by atoms with E-state index < -0.39 is 0 Å². The predicted octanol–water partition coefficient (Wildman–Crippen LogP) is 4.21. The number of ketones is 1. The summed E-state index contributed by atoms with van der Waals surface area (Å²) in [6, 6.07) is 2.05. The van der Waals surface area contributed by atoms with E-state index in [1.54, 1.807) is 11.3 Å². The second-order valence-corrected chi connectivity index (χ2v) is 9.18. The van der Waals surface area contributed by atoms with E-state index in [1.165, 1.54) is 22.9 Å². The highest BCUT2D eigenvalue weighted by Gasteiger charge is 2.28. The van der Waals surface area contributed by atoms with Crippen LogP contribution in [0.15, 0.2) is 17.6 Å². The van der Waals surface area contributed by atoms with Crippen molar-refractivity contribution < 1.29 is 4.79 Å². The van der Waals surface area contributed by atoms with Gasteiger partial charge >= 0.3 is 0 Å². The molecule has 0 radical (unpaired) electrons. The molecular formula is C19H25N3OS2. The Balaban J connectivity index is 1.38. The normalized spacial score (nSPS) is 21.8. The van der Waals surface area contributed by atoms with Gasteiger partial charge in [0.1, 0.15) is 0 Å². The largest absolute Gasteiger partial charge is 0.348 e. The van der Waals surface area contributed by atoms with E-state index in [-0.39, 0.29) is 5.92 Å². The Bertz CT molecular complexity index is 733. The summed E-state index contributed by atoms with van der Waals surface area (Å²) in [6.45, 7) is 7.23. The summed E-state index contributed by atoms with van der Waals surface area (Å²) in [5.41, 5.74) is 1.13. The number of thiazole rings is 1. The first kappa shape index (κ1) is 17.2. The summed E-state index contributed by atoms with van der Waals surface area (Å²) in [5.74, 6) is 0.497. The molecule has 1 atom stereocenters. The lowest BCUT2D eigenvalue weighted by atomic mass is 9.92. The van der Waals surface area contributed by atoms with Crippen LogP contribution in [0, 0.1) is 12.8 Å². The summed E-state index contributed by atoms with van der Waals surface area (Å²) < 4.78 is 0. The molecule has 2 fully saturated rings. The van der Waals surface area contributed by atoms with Crippen molar-refractivity contribution in [3.8, 4) is 0 Å². The lowest BCUT2D eigenvalue weighted by Crippen LogP contribution is -2.38. The molecule has 25 heavy (non-hydrogen) atoms. The number of thiophene rings is 1. The Morgan fingerprint density at radius 1 is 1.28 bits per heavy atom. The van der Waals surface area contributed by atoms with Crippen molar-refractivity contribution >= 4 is 33.6 Å². The number of piperidine rings is 1. The molecule has 0 bridgehead atoms. The molecule has 0 saturated carbocycles. The first-order chi connectivity index (χ1) is 12.2. The highest BCUT2D eigenvalue weighted by atomic mass is 32.1. The summed E-state index contributed by atoms with van der Waals surface area (Å²) >= 11 is 3.42. The minimum atomic E-state index is 0.150. The van der Waals surface area contributed by atoms with Gasteiger partial charge in [0.2, 0.25) is 0 Å². The van der Waals surface area contributed by atoms with E-state index in [1.807, 2.05) is 29.8 Å². The van der Waals surface area contributed by atoms with Crippen molar-refractivity contribution in [1.29, 1.82) is 0 Å². The van der Waals surface area contributed by atoms with E-state index in [4.69, 9.17) is 0 Å². The second kappa shape index (κ2) is 7.56. The van der Waals surface area contributed by atoms with Gasteiger partial charge in [-0.05, 0) is 56.2 Å². The molecule has 134 valence electrons. The Kier molecular flexibility index (Phi) is 5.20. The molecule has 6 heteroatoms. The van der Waals surface area contributed by atoms with Gasteiger partial charge in [0.05, 0.1) is 4.88 Å². The van der Waals surface area contributed by atoms with Gasteiger partial charge in [-0.2, -0.15) is 0 Å². The van der Waals surface area contributed by atoms with E-state index in [2.05, 4.69) is 20.9 Å². The van der Waals surface area contributed by atoms with Gasteiger partial charge in [0.15, 0.2) is 10.9 Å². The summed E-state index contributed by atoms with van der Waals surface area (Å²) in [4.78, 5) is 24.6. The van der Waals surface area contributed by atoms with Crippen molar-refractivity contribution in [2.24, 2.45) is 5.92 Å². The third kappa shape index (κ3) is 3.81. The fraction of sp³-hybridized carbons (Fsp3) is 0.579. The standard InChI is InChI=1S/C19H25N3OS2/c1-14-6-10-24-18(14)17(23)15-5-4-7-21(12-15)13-16-11-20-19(25-16)22-8-2-3-9-22/h6,10-11,15H,2-5,7-9,12-13H2,1H3/t15-/m1/s1. The third-order valence-corrected chi connectivity index (χ3v) is 7.33. The van der Waals surface area contributed by atoms with E-state index >= 15 is 0 Å². The lowest BCUT2D eigenvalue weighted by Gasteiger charge is -2.31. The number of hydrogen-bond donors (Lipinski definition) is 0. The van der Waals surface area contributed by atoms with Gasteiger partial charge in [0.25, 0.3) is 0 Å². The zero-order valence-corrected chi connectivity index (χ0v) is 16.4. The predicted molar refractivity (Wildman–Crippen MR) is 105 cm³/mol. The number of anilines is 1. The van der Waals surface area contributed by atoms with Crippen LogP contribution in [0.3, 0.4) is 0 Å². The number of likely N-dealkylation sites (tertiary alicyclic amines) is 1. The number of hydrogen-bond acceptors (Lipinski definition) is 6. The molecule has 4 nitrogen and oxygen atoms in total. The van der Waals surface area contributed by atoms with Gasteiger partial charge in [-0.3, -0.25) is 9.69 Å². The fourth-order valence-corrected chi connectivity index (χ4v) is 5.82. The first-order valence-corrected chi connectivity index (χ1v) is 10.9. The Labute approximate surface area is 157 Å². The van der Waals surface area contributed by atoms with Gasteiger partial charge in [-0.15, -0.1) is 22.7 Å². The van der Waals surface area contributed by atoms with E-state index in [0.717, 1.165) is 56.0 Å². The minimum absolute atomic E-state index is 0.150. The molecule has 0 unspecified atom stereocenters. The average molecular weight is 376 g/mol. The highest BCUT2D eigenvalue weighted by molar-refractivity contribution is 7.15. The van der Waals surface area contributed by atoms with Gasteiger partial charge in [0, 0.05) is 43.2 Å². The third-order valence-electron chi connectivity index (χ3n) is 5.26. The molecule has 0 amide bonds. The van der Waals surface area contributed by atoms with Crippen LogP contribution in [-0.4, -0.2) is 41.8 Å². The molecule has 2 aromatic heterocycles. The second-order valence-electron chi connectivity index (χ2n) is 7.17. The Hall–Kier alpha value is -1.24. The number of nitrogens with zero attached hydrogens (tertiary/aromatic N) is 3. The zero-order chi connectivity index (χ0) is 17.2. The molecule has 0 aromatic carbocycles. The van der Waals surface area contributed by atoms with Crippen molar-refractivity contribution in [2.45, 2.75) is 39.2 Å². The highest BCUT2D eigenvalue weighted by Crippen LogP contribution is 2.29. The van der Waals surface area contributed by atoms with Gasteiger partial charge in [-0.25, -0.2) is 4.98 Å². The number of carbonyl (C=O) groups excluding carboxylic acids is 1. The number of rotatable bonds is 5. The molecule has 4 rings (SSSR count). The smallest absolute Gasteiger partial charge is 0.185 e. The van der Waals surface area contributed by atoms with Gasteiger partial charge in [-0.1, -0.05) is 0 Å². The first-order valence-electron chi connectivity index (χ1n) is 9.21. The van der Waals surface area contributed by atoms with Crippen LogP contribution >= 0.6 is 22.7 Å². The summed E-state index contributed by atoms with van der Waals surface area (Å²) in [5, 5.41) is 3.20. The molecule has 4 heterocycles. The lowest BCUT2D eigenvalue weighted by molar-refractivity contribution is 0.0816. The number of aryl methyl sites for hydroxylation is 1. The Morgan fingerprint density at radius 2 is 2.12 bits per heavy atom. The topological polar surface area (TPSA) is 36.4 Å². The maximum Gasteiger partial charge on any atom is 0.185 e. The van der Waals surface area contributed by atoms with E-state index in [9.17, 15) is 4.79 Å². The summed E-state index contributed by atoms with van der Waals surface area (Å²) in [7, 11) is 0. The van der Waals surface area contributed by atoms with Gasteiger partial charge < -0.3 is 4.90 Å². The average Bonchev–Trinajstić information content (AvgIpc) is 3.35. The number of Topliss-reactive ketones (excluding diaryl/α,β-unsaturated/α-hetero) is 1. The molecular weight excluding hydrogens is 350 g/mol. The SMILES string of the molecule is Cc1ccsc1C(=O)[C@@H]1CCCN(Cc2cnc(N3CCCC3)s2)C1. The van der Waals surface area contributed by atoms with Crippen LogP contribution in [-0.2, 0) is 6.54 Å². The van der Waals surface area contributed by atoms with Crippen LogP contribution in [0.25, 0.3) is 0 Å². The van der Waals surface area contributed by atoms with Crippen LogP contribution in [0.2, 0.25) is 0 Å². The number of aromatic nitrogens is 1. The molecule has 2 aromatic rings. The molecule has 2 aliphatic rings. The zero-order valence-electron chi connectivity index (χ0n) is 14.7. The monoisotopic (exact) mass is 375 g/mol. The molecule has 0 spiro atoms. The van der Waals surface area contributed by atoms with Crippen LogP contribution in [0.4, 0.5) is 5.13 Å². The maximum atomic E-state index is 12.8. The summed E-state index contributed by atoms with van der Waals surface area (Å²) in [6.07, 6.45) is 6.74. The van der Waals surface area contributed by atoms with E-state index in [0.29, 0.717) is 5.78 Å². The fourth-order valence-electron chi connectivity index (χ4n) is 3.87. The minimum Gasteiger partial charge on any atom is -0.348 e. The van der Waals surface area contributed by atoms with Crippen LogP contribution in [0.1, 0.15) is 45.8 Å². The molecule has 2 saturated heterocycles. The van der Waals surface area contributed by atoms with Crippen LogP contribution in [0.5, 0.6) is 0 Å². The molecule has 2 aliphatic heterocycles. The maximum absolute atomic E-state index is 12.8. The van der Waals surface area contributed by atoms with Crippen molar-refractivity contribution in [3.05, 3.63) is 33.0 Å². The van der Waals surface area contributed by atoms with Crippen molar-refractivity contribution in [2.75, 3.05) is 31.1 Å². The Morgan fingerprint density at radius 3 is 2.88 bits per heavy atom. The van der Waals surface area contributed by atoms with Crippen molar-refractivity contribution in [3.63, 3.8) is 0 Å². The number of carbonyl (C=O) groups is 1. The molecule has 0 aliphatic carbocycles. The quantitative estimate of drug-likeness (QED) is 0.734. The van der Waals surface area contributed by atoms with Crippen LogP contribution < -0.4 is 4.90 Å². The van der Waals surface area contributed by atoms with Crippen molar-refractivity contribution in [1.82, 2.24) is 9.88 Å².